The first-order valence-corrected chi connectivity index (χ1v) is 7.94. The Morgan fingerprint density at radius 1 is 1.17 bits per heavy atom. The Balaban J connectivity index is 1.83. The SMILES string of the molecule is COC(=O)[C@H]1[C@@H](OC(=O)c2ccccc2)C[C@H]2CC[C@H]1N2C(N)=O. The van der Waals surface area contributed by atoms with Crippen LogP contribution in [0.4, 0.5) is 4.79 Å². The highest BCUT2D eigenvalue weighted by atomic mass is 16.6. The van der Waals surface area contributed by atoms with Crippen molar-refractivity contribution in [1.82, 2.24) is 4.90 Å². The fourth-order valence-electron chi connectivity index (χ4n) is 3.85. The number of urea groups is 1. The van der Waals surface area contributed by atoms with E-state index in [9.17, 15) is 14.4 Å². The number of hydrogen-bond acceptors (Lipinski definition) is 5. The number of esters is 2. The van der Waals surface area contributed by atoms with Crippen LogP contribution in [0, 0.1) is 5.92 Å². The molecule has 2 heterocycles. The van der Waals surface area contributed by atoms with Gasteiger partial charge < -0.3 is 20.1 Å². The van der Waals surface area contributed by atoms with E-state index in [0.29, 0.717) is 18.4 Å². The van der Waals surface area contributed by atoms with Gasteiger partial charge in [0.15, 0.2) is 0 Å². The molecule has 0 unspecified atom stereocenters. The summed E-state index contributed by atoms with van der Waals surface area (Å²) in [4.78, 5) is 37.8. The number of fused-ring (bicyclic) bond motifs is 2. The predicted molar refractivity (Wildman–Crippen MR) is 84.0 cm³/mol. The molecule has 3 rings (SSSR count). The summed E-state index contributed by atoms with van der Waals surface area (Å²) in [7, 11) is 1.29. The molecule has 0 spiro atoms. The number of nitrogens with zero attached hydrogens (tertiary/aromatic N) is 1. The lowest BCUT2D eigenvalue weighted by Crippen LogP contribution is -2.58. The molecular formula is C17H20N2O5. The third kappa shape index (κ3) is 2.81. The third-order valence-electron chi connectivity index (χ3n) is 4.86. The van der Waals surface area contributed by atoms with Gasteiger partial charge in [-0.2, -0.15) is 0 Å². The van der Waals surface area contributed by atoms with E-state index in [4.69, 9.17) is 15.2 Å². The van der Waals surface area contributed by atoms with E-state index in [-0.39, 0.29) is 12.1 Å². The summed E-state index contributed by atoms with van der Waals surface area (Å²) in [5, 5.41) is 0. The molecule has 1 aromatic carbocycles. The van der Waals surface area contributed by atoms with E-state index < -0.39 is 30.0 Å². The van der Waals surface area contributed by atoms with Crippen LogP contribution in [0.2, 0.25) is 0 Å². The molecule has 0 aliphatic carbocycles. The number of ether oxygens (including phenoxy) is 2. The van der Waals surface area contributed by atoms with Crippen LogP contribution in [0.1, 0.15) is 29.6 Å². The molecule has 128 valence electrons. The summed E-state index contributed by atoms with van der Waals surface area (Å²) in [6.45, 7) is 0. The van der Waals surface area contributed by atoms with Crippen molar-refractivity contribution >= 4 is 18.0 Å². The second kappa shape index (κ2) is 6.51. The second-order valence-corrected chi connectivity index (χ2v) is 6.14. The molecule has 2 amide bonds. The topological polar surface area (TPSA) is 98.9 Å². The summed E-state index contributed by atoms with van der Waals surface area (Å²) in [5.41, 5.74) is 5.88. The number of benzene rings is 1. The zero-order valence-electron chi connectivity index (χ0n) is 13.4. The summed E-state index contributed by atoms with van der Waals surface area (Å²) >= 11 is 0. The van der Waals surface area contributed by atoms with Crippen LogP contribution in [0.3, 0.4) is 0 Å². The molecule has 2 N–H and O–H groups in total. The van der Waals surface area contributed by atoms with Crippen LogP contribution in [-0.2, 0) is 14.3 Å². The summed E-state index contributed by atoms with van der Waals surface area (Å²) in [6, 6.07) is 7.56. The first-order chi connectivity index (χ1) is 11.5. The van der Waals surface area contributed by atoms with Crippen molar-refractivity contribution in [3.8, 4) is 0 Å². The largest absolute Gasteiger partial charge is 0.469 e. The molecule has 2 fully saturated rings. The van der Waals surface area contributed by atoms with Crippen LogP contribution >= 0.6 is 0 Å². The van der Waals surface area contributed by atoms with Crippen molar-refractivity contribution in [2.45, 2.75) is 37.5 Å². The lowest BCUT2D eigenvalue weighted by molar-refractivity contribution is -0.155. The Bertz CT molecular complexity index is 648. The van der Waals surface area contributed by atoms with E-state index in [1.54, 1.807) is 30.3 Å². The van der Waals surface area contributed by atoms with Crippen molar-refractivity contribution in [2.24, 2.45) is 11.7 Å². The van der Waals surface area contributed by atoms with E-state index in [1.165, 1.54) is 12.0 Å². The van der Waals surface area contributed by atoms with E-state index in [1.807, 2.05) is 0 Å². The molecule has 24 heavy (non-hydrogen) atoms. The van der Waals surface area contributed by atoms with Gasteiger partial charge >= 0.3 is 18.0 Å². The van der Waals surface area contributed by atoms with Crippen LogP contribution < -0.4 is 5.73 Å². The first kappa shape index (κ1) is 16.3. The summed E-state index contributed by atoms with van der Waals surface area (Å²) < 4.78 is 10.5. The molecule has 7 nitrogen and oxygen atoms in total. The Kier molecular flexibility index (Phi) is 4.42. The number of amides is 2. The lowest BCUT2D eigenvalue weighted by atomic mass is 9.87. The smallest absolute Gasteiger partial charge is 0.338 e. The summed E-state index contributed by atoms with van der Waals surface area (Å²) in [5.74, 6) is -1.69. The number of primary amides is 1. The predicted octanol–water partition coefficient (Wildman–Crippen LogP) is 1.32. The lowest BCUT2D eigenvalue weighted by Gasteiger charge is -2.41. The second-order valence-electron chi connectivity index (χ2n) is 6.14. The molecule has 0 aromatic heterocycles. The van der Waals surface area contributed by atoms with Gasteiger partial charge in [0.05, 0.1) is 18.7 Å². The van der Waals surface area contributed by atoms with Crippen molar-refractivity contribution in [3.63, 3.8) is 0 Å². The van der Waals surface area contributed by atoms with Crippen LogP contribution in [-0.4, -0.2) is 48.2 Å². The maximum atomic E-state index is 12.3. The minimum Gasteiger partial charge on any atom is -0.469 e. The van der Waals surface area contributed by atoms with Crippen molar-refractivity contribution in [1.29, 1.82) is 0 Å². The van der Waals surface area contributed by atoms with E-state index >= 15 is 0 Å². The molecule has 2 bridgehead atoms. The minimum absolute atomic E-state index is 0.109. The average molecular weight is 332 g/mol. The number of piperidine rings is 1. The van der Waals surface area contributed by atoms with Crippen LogP contribution in [0.25, 0.3) is 0 Å². The molecule has 0 saturated carbocycles. The fourth-order valence-corrected chi connectivity index (χ4v) is 3.85. The highest BCUT2D eigenvalue weighted by Gasteiger charge is 2.53. The van der Waals surface area contributed by atoms with Crippen molar-refractivity contribution in [2.75, 3.05) is 7.11 Å². The van der Waals surface area contributed by atoms with E-state index in [2.05, 4.69) is 0 Å². The quantitative estimate of drug-likeness (QED) is 0.842. The Labute approximate surface area is 139 Å². The summed E-state index contributed by atoms with van der Waals surface area (Å²) in [6.07, 6.45) is 1.14. The molecule has 2 aliphatic rings. The standard InChI is InChI=1S/C17H20N2O5/c1-23-16(21)14-12-8-7-11(19(12)17(18)22)9-13(14)24-15(20)10-5-3-2-4-6-10/h2-6,11-14H,7-9H2,1H3,(H2,18,22)/t11-,12-,13+,14-/m1/s1. The van der Waals surface area contributed by atoms with Gasteiger partial charge in [-0.3, -0.25) is 4.79 Å². The molecule has 2 aliphatic heterocycles. The maximum Gasteiger partial charge on any atom is 0.338 e. The number of hydrogen-bond donors (Lipinski definition) is 1. The molecule has 4 atom stereocenters. The molecular weight excluding hydrogens is 312 g/mol. The van der Waals surface area contributed by atoms with Crippen molar-refractivity contribution < 1.29 is 23.9 Å². The van der Waals surface area contributed by atoms with Gasteiger partial charge in [-0.1, -0.05) is 18.2 Å². The van der Waals surface area contributed by atoms with Gasteiger partial charge in [-0.25, -0.2) is 9.59 Å². The van der Waals surface area contributed by atoms with Gasteiger partial charge in [0.1, 0.15) is 12.0 Å². The number of carbonyl (C=O) groups excluding carboxylic acids is 3. The fraction of sp³-hybridized carbons (Fsp3) is 0.471. The molecule has 0 radical (unpaired) electrons. The number of nitrogens with two attached hydrogens (primary N) is 1. The van der Waals surface area contributed by atoms with Crippen LogP contribution in [0.5, 0.6) is 0 Å². The Morgan fingerprint density at radius 2 is 1.88 bits per heavy atom. The molecule has 2 saturated heterocycles. The number of carbonyl (C=O) groups is 3. The first-order valence-electron chi connectivity index (χ1n) is 7.94. The van der Waals surface area contributed by atoms with Gasteiger partial charge in [-0.05, 0) is 25.0 Å². The van der Waals surface area contributed by atoms with Gasteiger partial charge in [0.25, 0.3) is 0 Å². The number of rotatable bonds is 3. The monoisotopic (exact) mass is 332 g/mol. The molecule has 1 aromatic rings. The van der Waals surface area contributed by atoms with E-state index in [0.717, 1.165) is 6.42 Å². The zero-order valence-corrected chi connectivity index (χ0v) is 13.4. The Morgan fingerprint density at radius 3 is 2.50 bits per heavy atom. The van der Waals surface area contributed by atoms with Gasteiger partial charge in [-0.15, -0.1) is 0 Å². The average Bonchev–Trinajstić information content (AvgIpc) is 2.90. The zero-order chi connectivity index (χ0) is 17.3. The maximum absolute atomic E-state index is 12.3. The van der Waals surface area contributed by atoms with Gasteiger partial charge in [0.2, 0.25) is 0 Å². The third-order valence-corrected chi connectivity index (χ3v) is 4.86. The highest BCUT2D eigenvalue weighted by molar-refractivity contribution is 5.90. The number of methoxy groups -OCH3 is 1. The van der Waals surface area contributed by atoms with Crippen LogP contribution in [0.15, 0.2) is 30.3 Å². The van der Waals surface area contributed by atoms with Crippen molar-refractivity contribution in [3.05, 3.63) is 35.9 Å². The highest BCUT2D eigenvalue weighted by Crippen LogP contribution is 2.41. The minimum atomic E-state index is -0.714. The normalized spacial score (nSPS) is 28.3. The van der Waals surface area contributed by atoms with Gasteiger partial charge in [0, 0.05) is 12.5 Å². The molecule has 7 heteroatoms. The Hall–Kier alpha value is -2.57.